The van der Waals surface area contributed by atoms with Crippen LogP contribution in [0.2, 0.25) is 0 Å². The van der Waals surface area contributed by atoms with Gasteiger partial charge in [-0.1, -0.05) is 0 Å². The van der Waals surface area contributed by atoms with Crippen molar-refractivity contribution in [3.8, 4) is 0 Å². The molecule has 1 aromatic rings. The molecule has 1 rings (SSSR count). The van der Waals surface area contributed by atoms with E-state index in [1.54, 1.807) is 13.8 Å². The van der Waals surface area contributed by atoms with E-state index in [4.69, 9.17) is 9.84 Å². The molecule has 8 heteroatoms. The summed E-state index contributed by atoms with van der Waals surface area (Å²) in [5.41, 5.74) is -0.800. The highest BCUT2D eigenvalue weighted by molar-refractivity contribution is 7.91. The van der Waals surface area contributed by atoms with Crippen molar-refractivity contribution in [3.63, 3.8) is 0 Å². The Morgan fingerprint density at radius 3 is 2.61 bits per heavy atom. The van der Waals surface area contributed by atoms with Crippen LogP contribution in [0.5, 0.6) is 0 Å². The van der Waals surface area contributed by atoms with Crippen molar-refractivity contribution in [2.24, 2.45) is 0 Å². The van der Waals surface area contributed by atoms with Gasteiger partial charge in [0.2, 0.25) is 0 Å². The molecule has 0 bridgehead atoms. The maximum atomic E-state index is 12.0. The SMILES string of the molecule is COCC(C)(C)NS(=O)(=O)c1cc(C(=O)O)cs1. The molecular formula is C10H15NO5S2. The Bertz CT molecular complexity index is 532. The highest BCUT2D eigenvalue weighted by Gasteiger charge is 2.27. The zero-order chi connectivity index (χ0) is 14.0. The van der Waals surface area contributed by atoms with Crippen LogP contribution in [0.15, 0.2) is 15.7 Å². The number of thiophene rings is 1. The van der Waals surface area contributed by atoms with E-state index in [2.05, 4.69) is 4.72 Å². The second-order valence-electron chi connectivity index (χ2n) is 4.38. The highest BCUT2D eigenvalue weighted by Crippen LogP contribution is 2.21. The van der Waals surface area contributed by atoms with Crippen molar-refractivity contribution < 1.29 is 23.1 Å². The van der Waals surface area contributed by atoms with Gasteiger partial charge < -0.3 is 9.84 Å². The third-order valence-corrected chi connectivity index (χ3v) is 5.14. The molecule has 0 saturated carbocycles. The number of carboxylic acids is 1. The summed E-state index contributed by atoms with van der Waals surface area (Å²) in [5, 5.41) is 10.0. The quantitative estimate of drug-likeness (QED) is 0.820. The van der Waals surface area contributed by atoms with Gasteiger partial charge in [-0.2, -0.15) is 0 Å². The van der Waals surface area contributed by atoms with Crippen molar-refractivity contribution in [1.82, 2.24) is 4.72 Å². The molecular weight excluding hydrogens is 278 g/mol. The van der Waals surface area contributed by atoms with Crippen molar-refractivity contribution in [1.29, 1.82) is 0 Å². The summed E-state index contributed by atoms with van der Waals surface area (Å²) in [6, 6.07) is 1.14. The zero-order valence-corrected chi connectivity index (χ0v) is 11.9. The third kappa shape index (κ3) is 3.77. The van der Waals surface area contributed by atoms with Gasteiger partial charge in [-0.05, 0) is 19.9 Å². The molecule has 0 aliphatic carbocycles. The normalized spacial score (nSPS) is 12.6. The summed E-state index contributed by atoms with van der Waals surface area (Å²) >= 11 is 0.871. The van der Waals surface area contributed by atoms with Gasteiger partial charge in [-0.15, -0.1) is 11.3 Å². The van der Waals surface area contributed by atoms with Crippen molar-refractivity contribution in [2.45, 2.75) is 23.6 Å². The molecule has 6 nitrogen and oxygen atoms in total. The van der Waals surface area contributed by atoms with Crippen molar-refractivity contribution in [3.05, 3.63) is 17.0 Å². The molecule has 0 unspecified atom stereocenters. The van der Waals surface area contributed by atoms with Crippen molar-refractivity contribution >= 4 is 27.3 Å². The molecule has 0 fully saturated rings. The number of carboxylic acid groups (broad SMARTS) is 1. The first-order valence-corrected chi connectivity index (χ1v) is 7.39. The van der Waals surface area contributed by atoms with Crippen molar-refractivity contribution in [2.75, 3.05) is 13.7 Å². The van der Waals surface area contributed by atoms with E-state index >= 15 is 0 Å². The minimum atomic E-state index is -3.73. The maximum Gasteiger partial charge on any atom is 0.336 e. The van der Waals surface area contributed by atoms with E-state index in [-0.39, 0.29) is 16.4 Å². The van der Waals surface area contributed by atoms with Crippen LogP contribution in [0.3, 0.4) is 0 Å². The Morgan fingerprint density at radius 2 is 2.17 bits per heavy atom. The molecule has 102 valence electrons. The molecule has 1 heterocycles. The fourth-order valence-electron chi connectivity index (χ4n) is 1.37. The lowest BCUT2D eigenvalue weighted by molar-refractivity contribution is 0.0697. The summed E-state index contributed by atoms with van der Waals surface area (Å²) < 4.78 is 31.4. The van der Waals surface area contributed by atoms with Gasteiger partial charge in [0, 0.05) is 12.5 Å². The van der Waals surface area contributed by atoms with Crippen LogP contribution in [-0.2, 0) is 14.8 Å². The summed E-state index contributed by atoms with van der Waals surface area (Å²) in [5.74, 6) is -1.15. The molecule has 0 atom stereocenters. The number of nitrogens with one attached hydrogen (secondary N) is 1. The molecule has 18 heavy (non-hydrogen) atoms. The number of rotatable bonds is 6. The second-order valence-corrected chi connectivity index (χ2v) is 7.20. The van der Waals surface area contributed by atoms with E-state index in [0.29, 0.717) is 0 Å². The molecule has 0 amide bonds. The molecule has 2 N–H and O–H groups in total. The smallest absolute Gasteiger partial charge is 0.336 e. The van der Waals surface area contributed by atoms with Gasteiger partial charge in [0.25, 0.3) is 10.0 Å². The van der Waals surface area contributed by atoms with Gasteiger partial charge in [0.15, 0.2) is 0 Å². The Morgan fingerprint density at radius 1 is 1.56 bits per heavy atom. The lowest BCUT2D eigenvalue weighted by Crippen LogP contribution is -2.46. The molecule has 0 aliphatic heterocycles. The maximum absolute atomic E-state index is 12.0. The van der Waals surface area contributed by atoms with E-state index in [1.165, 1.54) is 12.5 Å². The van der Waals surface area contributed by atoms with Crippen LogP contribution < -0.4 is 4.72 Å². The predicted molar refractivity (Wildman–Crippen MR) is 67.6 cm³/mol. The summed E-state index contributed by atoms with van der Waals surface area (Å²) in [6.07, 6.45) is 0. The van der Waals surface area contributed by atoms with Crippen LogP contribution in [0.25, 0.3) is 0 Å². The van der Waals surface area contributed by atoms with Gasteiger partial charge >= 0.3 is 5.97 Å². The monoisotopic (exact) mass is 293 g/mol. The minimum absolute atomic E-state index is 0.0240. The topological polar surface area (TPSA) is 92.7 Å². The molecule has 0 aliphatic rings. The van der Waals surface area contributed by atoms with E-state index in [1.807, 2.05) is 0 Å². The zero-order valence-electron chi connectivity index (χ0n) is 10.3. The van der Waals surface area contributed by atoms with Crippen LogP contribution in [-0.4, -0.2) is 38.7 Å². The largest absolute Gasteiger partial charge is 0.478 e. The van der Waals surface area contributed by atoms with Gasteiger partial charge in [-0.25, -0.2) is 17.9 Å². The van der Waals surface area contributed by atoms with Crippen LogP contribution in [0.1, 0.15) is 24.2 Å². The third-order valence-electron chi connectivity index (χ3n) is 2.00. The first-order chi connectivity index (χ1) is 8.18. The number of sulfonamides is 1. The summed E-state index contributed by atoms with van der Waals surface area (Å²) in [7, 11) is -2.25. The number of hydrogen-bond donors (Lipinski definition) is 2. The number of carbonyl (C=O) groups is 1. The van der Waals surface area contributed by atoms with E-state index < -0.39 is 21.5 Å². The van der Waals surface area contributed by atoms with Crippen LogP contribution >= 0.6 is 11.3 Å². The standard InChI is InChI=1S/C10H15NO5S2/c1-10(2,6-16-3)11-18(14,15)8-4-7(5-17-8)9(12)13/h4-5,11H,6H2,1-3H3,(H,12,13). The Hall–Kier alpha value is -0.960. The average molecular weight is 293 g/mol. The van der Waals surface area contributed by atoms with Crippen LogP contribution in [0.4, 0.5) is 0 Å². The average Bonchev–Trinajstić information content (AvgIpc) is 2.64. The number of methoxy groups -OCH3 is 1. The second kappa shape index (κ2) is 5.35. The molecule has 0 spiro atoms. The molecule has 1 aromatic heterocycles. The number of aromatic carboxylic acids is 1. The fourth-order valence-corrected chi connectivity index (χ4v) is 3.93. The minimum Gasteiger partial charge on any atom is -0.478 e. The van der Waals surface area contributed by atoms with Gasteiger partial charge in [0.05, 0.1) is 17.7 Å². The molecule has 0 aromatic carbocycles. The van der Waals surface area contributed by atoms with E-state index in [9.17, 15) is 13.2 Å². The molecule has 0 saturated heterocycles. The lowest BCUT2D eigenvalue weighted by atomic mass is 10.1. The predicted octanol–water partition coefficient (Wildman–Crippen LogP) is 1.15. The van der Waals surface area contributed by atoms with Crippen LogP contribution in [0, 0.1) is 0 Å². The highest BCUT2D eigenvalue weighted by atomic mass is 32.2. The van der Waals surface area contributed by atoms with Gasteiger partial charge in [0.1, 0.15) is 4.21 Å². The Balaban J connectivity index is 2.96. The van der Waals surface area contributed by atoms with E-state index in [0.717, 1.165) is 17.4 Å². The summed E-state index contributed by atoms with van der Waals surface area (Å²) in [6.45, 7) is 3.57. The Labute approximate surface area is 110 Å². The Kier molecular flexibility index (Phi) is 4.49. The lowest BCUT2D eigenvalue weighted by Gasteiger charge is -2.24. The number of ether oxygens (including phenoxy) is 1. The molecule has 0 radical (unpaired) electrons. The summed E-state index contributed by atoms with van der Waals surface area (Å²) in [4.78, 5) is 10.7. The first kappa shape index (κ1) is 15.1. The van der Waals surface area contributed by atoms with Gasteiger partial charge in [-0.3, -0.25) is 0 Å². The first-order valence-electron chi connectivity index (χ1n) is 5.03. The number of hydrogen-bond acceptors (Lipinski definition) is 5. The fraction of sp³-hybridized carbons (Fsp3) is 0.500.